The van der Waals surface area contributed by atoms with Crippen molar-refractivity contribution in [3.8, 4) is 0 Å². The minimum absolute atomic E-state index is 0.0797. The van der Waals surface area contributed by atoms with Gasteiger partial charge in [-0.3, -0.25) is 14.3 Å². The van der Waals surface area contributed by atoms with E-state index in [9.17, 15) is 9.59 Å². The molecule has 1 heterocycles. The summed E-state index contributed by atoms with van der Waals surface area (Å²) in [4.78, 5) is 23.6. The maximum atomic E-state index is 12.4. The SMILES string of the molecule is CCn1nc(C)c(NC(=O)C[C@H](CC(=O)O)c2ccccc2)c1C. The number of benzene rings is 1. The van der Waals surface area contributed by atoms with Gasteiger partial charge in [0.25, 0.3) is 0 Å². The highest BCUT2D eigenvalue weighted by atomic mass is 16.4. The van der Waals surface area contributed by atoms with Crippen molar-refractivity contribution in [2.24, 2.45) is 0 Å². The summed E-state index contributed by atoms with van der Waals surface area (Å²) in [5.74, 6) is -1.47. The van der Waals surface area contributed by atoms with Crippen LogP contribution in [-0.2, 0) is 16.1 Å². The molecule has 0 unspecified atom stereocenters. The first-order chi connectivity index (χ1) is 11.4. The van der Waals surface area contributed by atoms with Gasteiger partial charge < -0.3 is 10.4 Å². The Kier molecular flexibility index (Phi) is 5.73. The van der Waals surface area contributed by atoms with Gasteiger partial charge in [-0.05, 0) is 26.3 Å². The number of carboxylic acid groups (broad SMARTS) is 1. The third kappa shape index (κ3) is 4.22. The molecule has 128 valence electrons. The largest absolute Gasteiger partial charge is 0.481 e. The Labute approximate surface area is 141 Å². The third-order valence-corrected chi connectivity index (χ3v) is 4.07. The monoisotopic (exact) mass is 329 g/mol. The van der Waals surface area contributed by atoms with Crippen LogP contribution in [0, 0.1) is 13.8 Å². The first-order valence-corrected chi connectivity index (χ1v) is 8.03. The van der Waals surface area contributed by atoms with Crippen molar-refractivity contribution >= 4 is 17.6 Å². The van der Waals surface area contributed by atoms with Crippen LogP contribution in [0.1, 0.15) is 42.6 Å². The van der Waals surface area contributed by atoms with E-state index >= 15 is 0 Å². The molecule has 0 aliphatic carbocycles. The number of carbonyl (C=O) groups is 2. The number of aliphatic carboxylic acids is 1. The molecule has 2 aromatic rings. The van der Waals surface area contributed by atoms with E-state index in [4.69, 9.17) is 5.11 Å². The number of rotatable bonds is 7. The van der Waals surface area contributed by atoms with Gasteiger partial charge in [-0.15, -0.1) is 0 Å². The van der Waals surface area contributed by atoms with E-state index in [1.54, 1.807) is 0 Å². The second-order valence-corrected chi connectivity index (χ2v) is 5.82. The van der Waals surface area contributed by atoms with E-state index in [2.05, 4.69) is 10.4 Å². The number of carbonyl (C=O) groups excluding carboxylic acids is 1. The van der Waals surface area contributed by atoms with Gasteiger partial charge in [0, 0.05) is 18.9 Å². The molecule has 1 aromatic heterocycles. The zero-order chi connectivity index (χ0) is 17.7. The predicted molar refractivity (Wildman–Crippen MR) is 92.1 cm³/mol. The first-order valence-electron chi connectivity index (χ1n) is 8.03. The summed E-state index contributed by atoms with van der Waals surface area (Å²) in [6.45, 7) is 6.48. The number of hydrogen-bond donors (Lipinski definition) is 2. The van der Waals surface area contributed by atoms with Crippen LogP contribution in [-0.4, -0.2) is 26.8 Å². The van der Waals surface area contributed by atoms with Crippen LogP contribution in [0.2, 0.25) is 0 Å². The maximum Gasteiger partial charge on any atom is 0.303 e. The van der Waals surface area contributed by atoms with Gasteiger partial charge in [-0.25, -0.2) is 0 Å². The van der Waals surface area contributed by atoms with Crippen LogP contribution in [0.25, 0.3) is 0 Å². The number of carboxylic acids is 1. The van der Waals surface area contributed by atoms with Crippen molar-refractivity contribution in [3.63, 3.8) is 0 Å². The smallest absolute Gasteiger partial charge is 0.303 e. The molecule has 1 atom stereocenters. The highest BCUT2D eigenvalue weighted by Gasteiger charge is 2.21. The van der Waals surface area contributed by atoms with Crippen molar-refractivity contribution in [2.45, 2.75) is 46.1 Å². The third-order valence-electron chi connectivity index (χ3n) is 4.07. The molecule has 24 heavy (non-hydrogen) atoms. The molecule has 0 radical (unpaired) electrons. The molecule has 0 saturated carbocycles. The molecule has 6 heteroatoms. The van der Waals surface area contributed by atoms with Crippen LogP contribution in [0.4, 0.5) is 5.69 Å². The lowest BCUT2D eigenvalue weighted by Gasteiger charge is -2.15. The number of nitrogens with one attached hydrogen (secondary N) is 1. The Balaban J connectivity index is 2.14. The Bertz CT molecular complexity index is 723. The van der Waals surface area contributed by atoms with E-state index in [1.165, 1.54) is 0 Å². The number of aryl methyl sites for hydroxylation is 2. The second-order valence-electron chi connectivity index (χ2n) is 5.82. The molecule has 2 N–H and O–H groups in total. The Hall–Kier alpha value is -2.63. The molecule has 0 aliphatic heterocycles. The van der Waals surface area contributed by atoms with Crippen molar-refractivity contribution < 1.29 is 14.7 Å². The Morgan fingerprint density at radius 3 is 2.42 bits per heavy atom. The van der Waals surface area contributed by atoms with E-state index in [0.29, 0.717) is 5.69 Å². The lowest BCUT2D eigenvalue weighted by Crippen LogP contribution is -2.18. The molecule has 6 nitrogen and oxygen atoms in total. The van der Waals surface area contributed by atoms with E-state index in [-0.39, 0.29) is 24.7 Å². The number of amides is 1. The van der Waals surface area contributed by atoms with Crippen LogP contribution < -0.4 is 5.32 Å². The first kappa shape index (κ1) is 17.7. The van der Waals surface area contributed by atoms with Gasteiger partial charge in [0.15, 0.2) is 0 Å². The van der Waals surface area contributed by atoms with Gasteiger partial charge >= 0.3 is 5.97 Å². The summed E-state index contributed by atoms with van der Waals surface area (Å²) in [5, 5.41) is 16.4. The Morgan fingerprint density at radius 2 is 1.88 bits per heavy atom. The zero-order valence-electron chi connectivity index (χ0n) is 14.2. The van der Waals surface area contributed by atoms with Crippen LogP contribution >= 0.6 is 0 Å². The zero-order valence-corrected chi connectivity index (χ0v) is 14.2. The van der Waals surface area contributed by atoms with E-state index < -0.39 is 5.97 Å². The summed E-state index contributed by atoms with van der Waals surface area (Å²) in [6, 6.07) is 9.27. The maximum absolute atomic E-state index is 12.4. The molecule has 0 saturated heterocycles. The number of nitrogens with zero attached hydrogens (tertiary/aromatic N) is 2. The van der Waals surface area contributed by atoms with Gasteiger partial charge in [-0.2, -0.15) is 5.10 Å². The van der Waals surface area contributed by atoms with Crippen LogP contribution in [0.15, 0.2) is 30.3 Å². The highest BCUT2D eigenvalue weighted by molar-refractivity contribution is 5.92. The number of aromatic nitrogens is 2. The molecule has 2 rings (SSSR count). The standard InChI is InChI=1S/C18H23N3O3/c1-4-21-13(3)18(12(2)20-21)19-16(22)10-15(11-17(23)24)14-8-6-5-7-9-14/h5-9,15H,4,10-11H2,1-3H3,(H,19,22)(H,23,24)/t15-/m1/s1. The molecular formula is C18H23N3O3. The summed E-state index contributed by atoms with van der Waals surface area (Å²) in [5.41, 5.74) is 3.23. The lowest BCUT2D eigenvalue weighted by atomic mass is 9.92. The summed E-state index contributed by atoms with van der Waals surface area (Å²) >= 11 is 0. The predicted octanol–water partition coefficient (Wildman–Crippen LogP) is 3.11. The minimum atomic E-state index is -0.914. The van der Waals surface area contributed by atoms with Crippen LogP contribution in [0.3, 0.4) is 0 Å². The van der Waals surface area contributed by atoms with E-state index in [1.807, 2.05) is 55.8 Å². The lowest BCUT2D eigenvalue weighted by molar-refractivity contribution is -0.137. The average Bonchev–Trinajstić information content (AvgIpc) is 2.82. The fourth-order valence-electron chi connectivity index (χ4n) is 2.84. The van der Waals surface area contributed by atoms with Crippen molar-refractivity contribution in [3.05, 3.63) is 47.3 Å². The van der Waals surface area contributed by atoms with Crippen molar-refractivity contribution in [1.29, 1.82) is 0 Å². The molecule has 0 aliphatic rings. The molecule has 0 fully saturated rings. The summed E-state index contributed by atoms with van der Waals surface area (Å²) < 4.78 is 1.83. The fourth-order valence-corrected chi connectivity index (χ4v) is 2.84. The normalized spacial score (nSPS) is 12.0. The average molecular weight is 329 g/mol. The molecule has 0 spiro atoms. The van der Waals surface area contributed by atoms with Gasteiger partial charge in [0.1, 0.15) is 0 Å². The summed E-state index contributed by atoms with van der Waals surface area (Å²) in [6.07, 6.45) is 0.0378. The molecule has 1 aromatic carbocycles. The molecule has 1 amide bonds. The van der Waals surface area contributed by atoms with Crippen LogP contribution in [0.5, 0.6) is 0 Å². The molecule has 0 bridgehead atoms. The molecular weight excluding hydrogens is 306 g/mol. The fraction of sp³-hybridized carbons (Fsp3) is 0.389. The van der Waals surface area contributed by atoms with Gasteiger partial charge in [0.2, 0.25) is 5.91 Å². The summed E-state index contributed by atoms with van der Waals surface area (Å²) in [7, 11) is 0. The topological polar surface area (TPSA) is 84.2 Å². The quantitative estimate of drug-likeness (QED) is 0.817. The second kappa shape index (κ2) is 7.77. The van der Waals surface area contributed by atoms with Gasteiger partial charge in [0.05, 0.1) is 23.5 Å². The van der Waals surface area contributed by atoms with E-state index in [0.717, 1.165) is 23.5 Å². The van der Waals surface area contributed by atoms with Gasteiger partial charge in [-0.1, -0.05) is 30.3 Å². The number of hydrogen-bond acceptors (Lipinski definition) is 3. The minimum Gasteiger partial charge on any atom is -0.481 e. The van der Waals surface area contributed by atoms with Crippen molar-refractivity contribution in [2.75, 3.05) is 5.32 Å². The van der Waals surface area contributed by atoms with Crippen molar-refractivity contribution in [1.82, 2.24) is 9.78 Å². The highest BCUT2D eigenvalue weighted by Crippen LogP contribution is 2.25. The number of anilines is 1. The Morgan fingerprint density at radius 1 is 1.21 bits per heavy atom.